The molecule has 1 N–H and O–H groups in total. The maximum Gasteiger partial charge on any atom is 0.309 e. The van der Waals surface area contributed by atoms with Crippen LogP contribution in [0.15, 0.2) is 11.1 Å². The number of nitrogens with zero attached hydrogens (tertiary/aromatic N) is 2. The molecule has 7 heteroatoms. The lowest BCUT2D eigenvalue weighted by Gasteiger charge is -2.72. The van der Waals surface area contributed by atoms with Gasteiger partial charge in [-0.1, -0.05) is 60.5 Å². The summed E-state index contributed by atoms with van der Waals surface area (Å²) in [6.07, 6.45) is 14.4. The van der Waals surface area contributed by atoms with Crippen molar-refractivity contribution in [1.29, 1.82) is 0 Å². The molecule has 0 bridgehead atoms. The van der Waals surface area contributed by atoms with E-state index in [1.54, 1.807) is 19.4 Å². The monoisotopic (exact) mass is 723 g/mol. The third-order valence-corrected chi connectivity index (χ3v) is 17.3. The molecule has 8 atom stereocenters. The fraction of sp³-hybridized carbons (Fsp3) is 0.889. The molecule has 6 aliphatic carbocycles. The fourth-order valence-electron chi connectivity index (χ4n) is 13.8. The molecule has 0 unspecified atom stereocenters. The lowest BCUT2D eigenvalue weighted by molar-refractivity contribution is -0.233. The van der Waals surface area contributed by atoms with E-state index < -0.39 is 11.4 Å². The van der Waals surface area contributed by atoms with Gasteiger partial charge in [0.15, 0.2) is 5.78 Å². The van der Waals surface area contributed by atoms with Gasteiger partial charge in [-0.05, 0) is 151 Å². The minimum atomic E-state index is -1.14. The zero-order valence-electron chi connectivity index (χ0n) is 35.0. The Kier molecular flexibility index (Phi) is 10.6. The molecule has 0 radical (unpaired) electrons. The van der Waals surface area contributed by atoms with Crippen LogP contribution in [-0.4, -0.2) is 78.5 Å². The zero-order valence-corrected chi connectivity index (χ0v) is 35.0. The van der Waals surface area contributed by atoms with Gasteiger partial charge in [0.2, 0.25) is 0 Å². The Balaban J connectivity index is 1.26. The number of allylic oxidation sites excluding steroid dienone is 2. The standard InChI is InChI=1S/C45H74N2O5/c1-29(2)37-32(48)27-45(23-24-47(26-25-46(10)11)30-13-12-14-30)22-21-43(8)31(38(37)45)15-16-34-42(7)19-18-35(52-36(49)28-40(3,4)39(50)51)41(5,6)33(42)17-20-44(34,43)9/h29-31,33-35H,12-28H2,1-11H3,(H,50,51)/t31-,33+,34-,35+,42+,43-,44-,45-/m1/s1. The average Bonchev–Trinajstić information content (AvgIpc) is 3.31. The van der Waals surface area contributed by atoms with Gasteiger partial charge in [0.25, 0.3) is 0 Å². The number of esters is 1. The highest BCUT2D eigenvalue weighted by Crippen LogP contribution is 2.77. The smallest absolute Gasteiger partial charge is 0.309 e. The number of aliphatic carboxylic acids is 1. The van der Waals surface area contributed by atoms with Gasteiger partial charge in [-0.25, -0.2) is 0 Å². The predicted molar refractivity (Wildman–Crippen MR) is 208 cm³/mol. The molecule has 0 aliphatic heterocycles. The van der Waals surface area contributed by atoms with Crippen molar-refractivity contribution in [2.45, 2.75) is 164 Å². The highest BCUT2D eigenvalue weighted by atomic mass is 16.5. The van der Waals surface area contributed by atoms with Gasteiger partial charge in [0.1, 0.15) is 6.10 Å². The zero-order chi connectivity index (χ0) is 38.2. The number of carbonyl (C=O) groups is 3. The first-order valence-electron chi connectivity index (χ1n) is 21.2. The lowest BCUT2D eigenvalue weighted by atomic mass is 9.33. The molecule has 0 aromatic rings. The molecule has 52 heavy (non-hydrogen) atoms. The van der Waals surface area contributed by atoms with Gasteiger partial charge in [-0.2, -0.15) is 0 Å². The number of rotatable bonds is 12. The minimum absolute atomic E-state index is 0.0183. The Hall–Kier alpha value is -1.73. The van der Waals surface area contributed by atoms with Crippen molar-refractivity contribution in [3.05, 3.63) is 11.1 Å². The SMILES string of the molecule is CC(C)C1=C2[C@H]3CC[C@@H]4[C@@]5(C)CC[C@H](OC(=O)CC(C)(C)C(=O)O)C(C)(C)[C@@H]5CC[C@@]4(C)[C@]3(C)CC[C@@]2(CCN(CCN(C)C)C2CCC2)CC1=O. The Morgan fingerprint density at radius 1 is 0.865 bits per heavy atom. The molecule has 0 heterocycles. The third-order valence-electron chi connectivity index (χ3n) is 17.3. The lowest BCUT2D eigenvalue weighted by Crippen LogP contribution is -2.65. The van der Waals surface area contributed by atoms with E-state index in [0.29, 0.717) is 29.6 Å². The average molecular weight is 723 g/mol. The van der Waals surface area contributed by atoms with Crippen molar-refractivity contribution in [2.24, 2.45) is 56.2 Å². The first-order valence-corrected chi connectivity index (χ1v) is 21.2. The van der Waals surface area contributed by atoms with Crippen molar-refractivity contribution in [3.8, 4) is 0 Å². The Morgan fingerprint density at radius 2 is 1.56 bits per heavy atom. The van der Waals surface area contributed by atoms with Gasteiger partial charge in [-0.3, -0.25) is 19.3 Å². The summed E-state index contributed by atoms with van der Waals surface area (Å²) in [6.45, 7) is 23.6. The molecule has 0 spiro atoms. The maximum absolute atomic E-state index is 14.2. The fourth-order valence-corrected chi connectivity index (χ4v) is 13.8. The summed E-state index contributed by atoms with van der Waals surface area (Å²) in [4.78, 5) is 44.2. The van der Waals surface area contributed by atoms with Crippen LogP contribution in [0.3, 0.4) is 0 Å². The summed E-state index contributed by atoms with van der Waals surface area (Å²) < 4.78 is 6.20. The molecule has 294 valence electrons. The first-order chi connectivity index (χ1) is 24.1. The largest absolute Gasteiger partial charge is 0.481 e. The van der Waals surface area contributed by atoms with E-state index in [1.165, 1.54) is 50.5 Å². The van der Waals surface area contributed by atoms with E-state index >= 15 is 0 Å². The highest BCUT2D eigenvalue weighted by molar-refractivity contribution is 6.00. The first kappa shape index (κ1) is 39.9. The maximum atomic E-state index is 14.2. The number of ether oxygens (including phenoxy) is 1. The van der Waals surface area contributed by atoms with Crippen molar-refractivity contribution in [2.75, 3.05) is 33.7 Å². The van der Waals surface area contributed by atoms with Gasteiger partial charge < -0.3 is 14.7 Å². The van der Waals surface area contributed by atoms with Crippen LogP contribution in [0.4, 0.5) is 0 Å². The van der Waals surface area contributed by atoms with Gasteiger partial charge >= 0.3 is 11.9 Å². The van der Waals surface area contributed by atoms with E-state index in [2.05, 4.69) is 72.4 Å². The van der Waals surface area contributed by atoms with Crippen molar-refractivity contribution in [3.63, 3.8) is 0 Å². The minimum Gasteiger partial charge on any atom is -0.481 e. The predicted octanol–water partition coefficient (Wildman–Crippen LogP) is 9.19. The number of carbonyl (C=O) groups excluding carboxylic acids is 2. The molecule has 0 aromatic heterocycles. The number of carboxylic acids is 1. The molecular formula is C45H74N2O5. The molecular weight excluding hydrogens is 649 g/mol. The van der Waals surface area contributed by atoms with Crippen LogP contribution in [0.5, 0.6) is 0 Å². The van der Waals surface area contributed by atoms with Crippen LogP contribution < -0.4 is 0 Å². The molecule has 7 nitrogen and oxygen atoms in total. The highest BCUT2D eigenvalue weighted by Gasteiger charge is 2.70. The second-order valence-corrected chi connectivity index (χ2v) is 21.4. The normalized spacial score (nSPS) is 38.8. The van der Waals surface area contributed by atoms with Gasteiger partial charge in [-0.15, -0.1) is 0 Å². The number of carboxylic acid groups (broad SMARTS) is 1. The summed E-state index contributed by atoms with van der Waals surface area (Å²) in [5.74, 6) is 0.830. The summed E-state index contributed by atoms with van der Waals surface area (Å²) in [7, 11) is 4.37. The number of likely N-dealkylation sites (N-methyl/N-ethyl adjacent to an activating group) is 1. The quantitative estimate of drug-likeness (QED) is 0.201. The summed E-state index contributed by atoms with van der Waals surface area (Å²) >= 11 is 0. The van der Waals surface area contributed by atoms with Gasteiger partial charge in [0, 0.05) is 36.4 Å². The molecule has 5 fully saturated rings. The number of hydrogen-bond donors (Lipinski definition) is 1. The third kappa shape index (κ3) is 6.36. The van der Waals surface area contributed by atoms with Crippen LogP contribution in [0.1, 0.15) is 152 Å². The van der Waals surface area contributed by atoms with Crippen LogP contribution >= 0.6 is 0 Å². The molecule has 6 rings (SSSR count). The Bertz CT molecular complexity index is 1440. The molecule has 0 amide bonds. The Morgan fingerprint density at radius 3 is 2.15 bits per heavy atom. The number of ketones is 1. The number of hydrogen-bond acceptors (Lipinski definition) is 6. The van der Waals surface area contributed by atoms with Crippen molar-refractivity contribution >= 4 is 17.7 Å². The van der Waals surface area contributed by atoms with E-state index in [0.717, 1.165) is 58.2 Å². The second kappa shape index (κ2) is 13.8. The second-order valence-electron chi connectivity index (χ2n) is 21.4. The van der Waals surface area contributed by atoms with Crippen LogP contribution in [-0.2, 0) is 19.1 Å². The Labute approximate surface area is 316 Å². The van der Waals surface area contributed by atoms with E-state index in [4.69, 9.17) is 4.74 Å². The van der Waals surface area contributed by atoms with E-state index in [1.807, 2.05) is 0 Å². The van der Waals surface area contributed by atoms with Crippen molar-refractivity contribution in [1.82, 2.24) is 9.80 Å². The topological polar surface area (TPSA) is 87.2 Å². The number of Topliss-reactive ketones (excluding diaryl/α,β-unsaturated/α-hetero) is 1. The van der Waals surface area contributed by atoms with E-state index in [9.17, 15) is 19.5 Å². The summed E-state index contributed by atoms with van der Waals surface area (Å²) in [6, 6.07) is 0.712. The molecule has 0 saturated heterocycles. The van der Waals surface area contributed by atoms with E-state index in [-0.39, 0.29) is 51.5 Å². The van der Waals surface area contributed by atoms with Crippen LogP contribution in [0.2, 0.25) is 0 Å². The number of fused-ring (bicyclic) bond motifs is 7. The van der Waals surface area contributed by atoms with Crippen LogP contribution in [0.25, 0.3) is 0 Å². The van der Waals surface area contributed by atoms with Crippen LogP contribution in [0, 0.1) is 56.2 Å². The van der Waals surface area contributed by atoms with Gasteiger partial charge in [0.05, 0.1) is 11.8 Å². The summed E-state index contributed by atoms with van der Waals surface area (Å²) in [5.41, 5.74) is 1.94. The summed E-state index contributed by atoms with van der Waals surface area (Å²) in [5, 5.41) is 9.63. The van der Waals surface area contributed by atoms with Crippen molar-refractivity contribution < 1.29 is 24.2 Å². The molecule has 5 saturated carbocycles. The molecule has 0 aromatic carbocycles. The molecule has 6 aliphatic rings.